The highest BCUT2D eigenvalue weighted by Gasteiger charge is 2.03. The number of hydrogen-bond donors (Lipinski definition) is 1. The van der Waals surface area contributed by atoms with Crippen LogP contribution in [0, 0.1) is 0 Å². The lowest BCUT2D eigenvalue weighted by atomic mass is 10.1. The third-order valence-corrected chi connectivity index (χ3v) is 3.26. The van der Waals surface area contributed by atoms with Crippen LogP contribution in [-0.4, -0.2) is 5.78 Å². The molecule has 0 radical (unpaired) electrons. The van der Waals surface area contributed by atoms with Crippen LogP contribution in [0.1, 0.15) is 28.9 Å². The van der Waals surface area contributed by atoms with Crippen LogP contribution in [-0.2, 0) is 0 Å². The standard InChI is InChI=1S/C17H16ClNO/c1-13(14-5-3-2-4-6-14)19-12-11-17(20)15-7-9-16(18)10-8-15/h2-13,19H,1H3/b12-11+/t13-/m0/s1. The van der Waals surface area contributed by atoms with Gasteiger partial charge in [-0.05, 0) is 36.8 Å². The quantitative estimate of drug-likeness (QED) is 0.652. The van der Waals surface area contributed by atoms with E-state index in [9.17, 15) is 4.79 Å². The maximum atomic E-state index is 11.9. The Labute approximate surface area is 124 Å². The van der Waals surface area contributed by atoms with Crippen molar-refractivity contribution in [3.63, 3.8) is 0 Å². The number of carbonyl (C=O) groups excluding carboxylic acids is 1. The van der Waals surface area contributed by atoms with Crippen LogP contribution >= 0.6 is 11.6 Å². The number of allylic oxidation sites excluding steroid dienone is 1. The molecule has 20 heavy (non-hydrogen) atoms. The maximum Gasteiger partial charge on any atom is 0.187 e. The molecule has 0 bridgehead atoms. The van der Waals surface area contributed by atoms with E-state index in [-0.39, 0.29) is 11.8 Å². The molecular weight excluding hydrogens is 270 g/mol. The third-order valence-electron chi connectivity index (χ3n) is 3.01. The van der Waals surface area contributed by atoms with Crippen molar-refractivity contribution in [2.24, 2.45) is 0 Å². The van der Waals surface area contributed by atoms with Gasteiger partial charge in [0.2, 0.25) is 0 Å². The van der Waals surface area contributed by atoms with Crippen LogP contribution < -0.4 is 5.32 Å². The zero-order valence-electron chi connectivity index (χ0n) is 11.2. The molecule has 0 spiro atoms. The van der Waals surface area contributed by atoms with Crippen molar-refractivity contribution in [1.29, 1.82) is 0 Å². The number of hydrogen-bond acceptors (Lipinski definition) is 2. The van der Waals surface area contributed by atoms with Crippen LogP contribution in [0.4, 0.5) is 0 Å². The van der Waals surface area contributed by atoms with Gasteiger partial charge in [0.15, 0.2) is 5.78 Å². The highest BCUT2D eigenvalue weighted by atomic mass is 35.5. The zero-order valence-corrected chi connectivity index (χ0v) is 12.0. The molecule has 0 saturated carbocycles. The molecule has 102 valence electrons. The Bertz CT molecular complexity index is 590. The van der Waals surface area contributed by atoms with Gasteiger partial charge < -0.3 is 5.32 Å². The van der Waals surface area contributed by atoms with Crippen molar-refractivity contribution < 1.29 is 4.79 Å². The fourth-order valence-corrected chi connectivity index (χ4v) is 1.94. The fourth-order valence-electron chi connectivity index (χ4n) is 1.82. The van der Waals surface area contributed by atoms with E-state index in [1.165, 1.54) is 11.6 Å². The highest BCUT2D eigenvalue weighted by molar-refractivity contribution is 6.30. The minimum absolute atomic E-state index is 0.0468. The van der Waals surface area contributed by atoms with E-state index in [4.69, 9.17) is 11.6 Å². The van der Waals surface area contributed by atoms with Crippen molar-refractivity contribution in [3.05, 3.63) is 83.0 Å². The Morgan fingerprint density at radius 1 is 1.10 bits per heavy atom. The zero-order chi connectivity index (χ0) is 14.4. The van der Waals surface area contributed by atoms with E-state index in [1.807, 2.05) is 37.3 Å². The van der Waals surface area contributed by atoms with E-state index in [0.717, 1.165) is 0 Å². The topological polar surface area (TPSA) is 29.1 Å². The summed E-state index contributed by atoms with van der Waals surface area (Å²) in [5.74, 6) is -0.0468. The smallest absolute Gasteiger partial charge is 0.187 e. The molecule has 0 unspecified atom stereocenters. The molecule has 0 saturated heterocycles. The van der Waals surface area contributed by atoms with Gasteiger partial charge in [-0.3, -0.25) is 4.79 Å². The Morgan fingerprint density at radius 3 is 2.40 bits per heavy atom. The minimum atomic E-state index is -0.0468. The molecule has 2 aromatic rings. The lowest BCUT2D eigenvalue weighted by Gasteiger charge is -2.11. The average molecular weight is 286 g/mol. The number of carbonyl (C=O) groups is 1. The predicted molar refractivity (Wildman–Crippen MR) is 82.9 cm³/mol. The Morgan fingerprint density at radius 2 is 1.75 bits per heavy atom. The minimum Gasteiger partial charge on any atom is -0.384 e. The molecule has 0 heterocycles. The van der Waals surface area contributed by atoms with Crippen LogP contribution in [0.3, 0.4) is 0 Å². The molecule has 2 aromatic carbocycles. The summed E-state index contributed by atoms with van der Waals surface area (Å²) in [5.41, 5.74) is 1.80. The molecule has 0 aromatic heterocycles. The molecular formula is C17H16ClNO. The van der Waals surface area contributed by atoms with E-state index >= 15 is 0 Å². The van der Waals surface area contributed by atoms with Crippen LogP contribution in [0.2, 0.25) is 5.02 Å². The molecule has 1 atom stereocenters. The lowest BCUT2D eigenvalue weighted by molar-refractivity contribution is 0.104. The molecule has 1 N–H and O–H groups in total. The number of nitrogens with one attached hydrogen (secondary N) is 1. The first kappa shape index (κ1) is 14.4. The van der Waals surface area contributed by atoms with Crippen molar-refractivity contribution in [3.8, 4) is 0 Å². The number of ketones is 1. The van der Waals surface area contributed by atoms with Gasteiger partial charge in [0.1, 0.15) is 0 Å². The summed E-state index contributed by atoms with van der Waals surface area (Å²) in [6, 6.07) is 17.1. The van der Waals surface area contributed by atoms with Gasteiger partial charge in [0, 0.05) is 28.9 Å². The monoisotopic (exact) mass is 285 g/mol. The van der Waals surface area contributed by atoms with Gasteiger partial charge in [-0.25, -0.2) is 0 Å². The average Bonchev–Trinajstić information content (AvgIpc) is 2.48. The maximum absolute atomic E-state index is 11.9. The molecule has 2 nitrogen and oxygen atoms in total. The van der Waals surface area contributed by atoms with E-state index < -0.39 is 0 Å². The van der Waals surface area contributed by atoms with Crippen molar-refractivity contribution in [2.75, 3.05) is 0 Å². The molecule has 0 aliphatic heterocycles. The van der Waals surface area contributed by atoms with Crippen molar-refractivity contribution in [1.82, 2.24) is 5.32 Å². The summed E-state index contributed by atoms with van der Waals surface area (Å²) >= 11 is 5.79. The molecule has 0 amide bonds. The Hall–Kier alpha value is -2.06. The lowest BCUT2D eigenvalue weighted by Crippen LogP contribution is -2.12. The summed E-state index contributed by atoms with van der Waals surface area (Å²) in [4.78, 5) is 11.9. The fraction of sp³-hybridized carbons (Fsp3) is 0.118. The van der Waals surface area contributed by atoms with Gasteiger partial charge in [0.05, 0.1) is 0 Å². The summed E-state index contributed by atoms with van der Waals surface area (Å²) in [7, 11) is 0. The van der Waals surface area contributed by atoms with Crippen LogP contribution in [0.15, 0.2) is 66.9 Å². The first-order chi connectivity index (χ1) is 9.66. The number of benzene rings is 2. The second kappa shape index (κ2) is 6.92. The Kier molecular flexibility index (Phi) is 4.97. The first-order valence-corrected chi connectivity index (χ1v) is 6.82. The van der Waals surface area contributed by atoms with Gasteiger partial charge in [-0.1, -0.05) is 41.9 Å². The molecule has 0 aliphatic carbocycles. The second-order valence-corrected chi connectivity index (χ2v) is 4.94. The Balaban J connectivity index is 1.93. The van der Waals surface area contributed by atoms with Gasteiger partial charge in [-0.2, -0.15) is 0 Å². The van der Waals surface area contributed by atoms with Crippen molar-refractivity contribution >= 4 is 17.4 Å². The van der Waals surface area contributed by atoms with Crippen molar-refractivity contribution in [2.45, 2.75) is 13.0 Å². The van der Waals surface area contributed by atoms with E-state index in [0.29, 0.717) is 10.6 Å². The summed E-state index contributed by atoms with van der Waals surface area (Å²) in [6.07, 6.45) is 3.22. The summed E-state index contributed by atoms with van der Waals surface area (Å²) < 4.78 is 0. The largest absolute Gasteiger partial charge is 0.384 e. The highest BCUT2D eigenvalue weighted by Crippen LogP contribution is 2.12. The van der Waals surface area contributed by atoms with Gasteiger partial charge in [-0.15, -0.1) is 0 Å². The molecule has 0 aliphatic rings. The second-order valence-electron chi connectivity index (χ2n) is 4.50. The molecule has 3 heteroatoms. The van der Waals surface area contributed by atoms with Gasteiger partial charge in [0.25, 0.3) is 0 Å². The number of halogens is 1. The first-order valence-electron chi connectivity index (χ1n) is 6.44. The number of rotatable bonds is 5. The van der Waals surface area contributed by atoms with Crippen LogP contribution in [0.25, 0.3) is 0 Å². The normalized spacial score (nSPS) is 12.3. The molecule has 2 rings (SSSR count). The molecule has 0 fully saturated rings. The summed E-state index contributed by atoms with van der Waals surface area (Å²) in [5, 5.41) is 3.81. The predicted octanol–water partition coefficient (Wildman–Crippen LogP) is 4.39. The summed E-state index contributed by atoms with van der Waals surface area (Å²) in [6.45, 7) is 2.05. The van der Waals surface area contributed by atoms with Crippen LogP contribution in [0.5, 0.6) is 0 Å². The van der Waals surface area contributed by atoms with E-state index in [2.05, 4.69) is 5.32 Å². The third kappa shape index (κ3) is 3.97. The van der Waals surface area contributed by atoms with Gasteiger partial charge >= 0.3 is 0 Å². The SMILES string of the molecule is C[C@H](N/C=C/C(=O)c1ccc(Cl)cc1)c1ccccc1. The van der Waals surface area contributed by atoms with E-state index in [1.54, 1.807) is 30.5 Å².